The standard InChI is InChI=1S/C17H33NO3/c1-6-21-15(19)14-7-9-17(20,10-8-14)12-18-11-13(2)16(3,4)5/h13-14,18,20H,6-12H2,1-5H3. The molecule has 0 amide bonds. The maximum Gasteiger partial charge on any atom is 0.308 e. The van der Waals surface area contributed by atoms with Crippen LogP contribution in [0.3, 0.4) is 0 Å². The third-order valence-electron chi connectivity index (χ3n) is 4.92. The van der Waals surface area contributed by atoms with Crippen molar-refractivity contribution in [3.05, 3.63) is 0 Å². The SMILES string of the molecule is CCOC(=O)C1CCC(O)(CNCC(C)C(C)(C)C)CC1. The van der Waals surface area contributed by atoms with Gasteiger partial charge in [-0.3, -0.25) is 4.79 Å². The zero-order valence-corrected chi connectivity index (χ0v) is 14.4. The highest BCUT2D eigenvalue weighted by Crippen LogP contribution is 2.32. The quantitative estimate of drug-likeness (QED) is 0.740. The first-order valence-corrected chi connectivity index (χ1v) is 8.27. The van der Waals surface area contributed by atoms with E-state index in [-0.39, 0.29) is 17.3 Å². The van der Waals surface area contributed by atoms with E-state index in [0.717, 1.165) is 19.4 Å². The first kappa shape index (κ1) is 18.4. The van der Waals surface area contributed by atoms with Crippen LogP contribution in [0.25, 0.3) is 0 Å². The molecule has 1 fully saturated rings. The Kier molecular flexibility index (Phi) is 6.67. The minimum Gasteiger partial charge on any atom is -0.466 e. The van der Waals surface area contributed by atoms with Gasteiger partial charge in [0.25, 0.3) is 0 Å². The predicted molar refractivity (Wildman–Crippen MR) is 85.0 cm³/mol. The van der Waals surface area contributed by atoms with Crippen molar-refractivity contribution in [2.45, 2.75) is 65.9 Å². The van der Waals surface area contributed by atoms with Crippen LogP contribution in [0.2, 0.25) is 0 Å². The van der Waals surface area contributed by atoms with Crippen LogP contribution in [0.4, 0.5) is 0 Å². The van der Waals surface area contributed by atoms with E-state index >= 15 is 0 Å². The molecule has 1 aliphatic carbocycles. The minimum atomic E-state index is -0.666. The van der Waals surface area contributed by atoms with Crippen LogP contribution >= 0.6 is 0 Å². The Morgan fingerprint density at radius 2 is 1.95 bits per heavy atom. The maximum atomic E-state index is 11.7. The number of hydrogen-bond donors (Lipinski definition) is 2. The van der Waals surface area contributed by atoms with Crippen molar-refractivity contribution in [1.82, 2.24) is 5.32 Å². The van der Waals surface area contributed by atoms with Gasteiger partial charge in [-0.1, -0.05) is 27.7 Å². The first-order chi connectivity index (χ1) is 9.68. The summed E-state index contributed by atoms with van der Waals surface area (Å²) < 4.78 is 5.06. The highest BCUT2D eigenvalue weighted by Gasteiger charge is 2.36. The van der Waals surface area contributed by atoms with Gasteiger partial charge in [-0.15, -0.1) is 0 Å². The van der Waals surface area contributed by atoms with E-state index in [9.17, 15) is 9.90 Å². The predicted octanol–water partition coefficient (Wildman–Crippen LogP) is 2.74. The molecular formula is C17H33NO3. The van der Waals surface area contributed by atoms with Crippen LogP contribution in [0, 0.1) is 17.3 Å². The van der Waals surface area contributed by atoms with E-state index in [1.165, 1.54) is 0 Å². The number of aliphatic hydroxyl groups is 1. The van der Waals surface area contributed by atoms with Crippen LogP contribution in [-0.4, -0.2) is 36.4 Å². The Hall–Kier alpha value is -0.610. The van der Waals surface area contributed by atoms with Gasteiger partial charge in [-0.25, -0.2) is 0 Å². The summed E-state index contributed by atoms with van der Waals surface area (Å²) >= 11 is 0. The van der Waals surface area contributed by atoms with E-state index in [2.05, 4.69) is 33.0 Å². The lowest BCUT2D eigenvalue weighted by molar-refractivity contribution is -0.151. The fraction of sp³-hybridized carbons (Fsp3) is 0.941. The zero-order chi connectivity index (χ0) is 16.1. The Morgan fingerprint density at radius 3 is 2.43 bits per heavy atom. The molecule has 0 heterocycles. The number of hydrogen-bond acceptors (Lipinski definition) is 4. The largest absolute Gasteiger partial charge is 0.466 e. The van der Waals surface area contributed by atoms with Crippen molar-refractivity contribution in [3.63, 3.8) is 0 Å². The third kappa shape index (κ3) is 5.95. The second-order valence-electron chi connectivity index (χ2n) is 7.65. The van der Waals surface area contributed by atoms with E-state index in [1.54, 1.807) is 0 Å². The summed E-state index contributed by atoms with van der Waals surface area (Å²) in [6.45, 7) is 12.7. The molecule has 0 spiro atoms. The first-order valence-electron chi connectivity index (χ1n) is 8.27. The lowest BCUT2D eigenvalue weighted by Crippen LogP contribution is -2.46. The van der Waals surface area contributed by atoms with Crippen molar-refractivity contribution in [2.75, 3.05) is 19.7 Å². The van der Waals surface area contributed by atoms with Gasteiger partial charge < -0.3 is 15.2 Å². The monoisotopic (exact) mass is 299 g/mol. The van der Waals surface area contributed by atoms with Crippen molar-refractivity contribution < 1.29 is 14.6 Å². The minimum absolute atomic E-state index is 0.0290. The zero-order valence-electron chi connectivity index (χ0n) is 14.4. The average molecular weight is 299 g/mol. The Bertz CT molecular complexity index is 327. The molecule has 0 radical (unpaired) electrons. The Labute approximate surface area is 129 Å². The van der Waals surface area contributed by atoms with E-state index in [1.807, 2.05) is 6.92 Å². The van der Waals surface area contributed by atoms with Crippen LogP contribution in [0.5, 0.6) is 0 Å². The van der Waals surface area contributed by atoms with Gasteiger partial charge >= 0.3 is 5.97 Å². The average Bonchev–Trinajstić information content (AvgIpc) is 2.38. The molecule has 0 bridgehead atoms. The summed E-state index contributed by atoms with van der Waals surface area (Å²) in [6, 6.07) is 0. The highest BCUT2D eigenvalue weighted by atomic mass is 16.5. The number of esters is 1. The van der Waals surface area contributed by atoms with Gasteiger partial charge in [0.1, 0.15) is 0 Å². The maximum absolute atomic E-state index is 11.7. The molecule has 4 heteroatoms. The fourth-order valence-corrected chi connectivity index (χ4v) is 2.66. The number of carbonyl (C=O) groups excluding carboxylic acids is 1. The summed E-state index contributed by atoms with van der Waals surface area (Å²) in [5, 5.41) is 14.0. The van der Waals surface area contributed by atoms with Gasteiger partial charge in [0.15, 0.2) is 0 Å². The molecule has 0 aromatic heterocycles. The van der Waals surface area contributed by atoms with Gasteiger partial charge in [0.2, 0.25) is 0 Å². The highest BCUT2D eigenvalue weighted by molar-refractivity contribution is 5.72. The Morgan fingerprint density at radius 1 is 1.38 bits per heavy atom. The number of rotatable bonds is 6. The molecule has 1 saturated carbocycles. The fourth-order valence-electron chi connectivity index (χ4n) is 2.66. The molecule has 0 saturated heterocycles. The van der Waals surface area contributed by atoms with E-state index in [0.29, 0.717) is 31.9 Å². The molecule has 1 atom stereocenters. The normalized spacial score (nSPS) is 28.2. The number of carbonyl (C=O) groups is 1. The van der Waals surface area contributed by atoms with Gasteiger partial charge in [0, 0.05) is 6.54 Å². The lowest BCUT2D eigenvalue weighted by atomic mass is 9.78. The van der Waals surface area contributed by atoms with Crippen LogP contribution in [0.15, 0.2) is 0 Å². The van der Waals surface area contributed by atoms with E-state index in [4.69, 9.17) is 4.74 Å². The summed E-state index contributed by atoms with van der Waals surface area (Å²) in [5.41, 5.74) is -0.391. The molecule has 124 valence electrons. The molecule has 4 nitrogen and oxygen atoms in total. The van der Waals surface area contributed by atoms with Crippen LogP contribution in [0.1, 0.15) is 60.3 Å². The number of ether oxygens (including phenoxy) is 1. The topological polar surface area (TPSA) is 58.6 Å². The van der Waals surface area contributed by atoms with Crippen molar-refractivity contribution in [1.29, 1.82) is 0 Å². The molecule has 1 aliphatic rings. The smallest absolute Gasteiger partial charge is 0.308 e. The van der Waals surface area contributed by atoms with Crippen LogP contribution in [-0.2, 0) is 9.53 Å². The molecule has 0 aromatic carbocycles. The molecular weight excluding hydrogens is 266 g/mol. The van der Waals surface area contributed by atoms with Gasteiger partial charge in [-0.2, -0.15) is 0 Å². The van der Waals surface area contributed by atoms with Crippen molar-refractivity contribution in [3.8, 4) is 0 Å². The molecule has 21 heavy (non-hydrogen) atoms. The summed E-state index contributed by atoms with van der Waals surface area (Å²) in [6.07, 6.45) is 2.80. The summed E-state index contributed by atoms with van der Waals surface area (Å²) in [4.78, 5) is 11.7. The van der Waals surface area contributed by atoms with Crippen molar-refractivity contribution >= 4 is 5.97 Å². The molecule has 1 unspecified atom stereocenters. The van der Waals surface area contributed by atoms with Crippen LogP contribution < -0.4 is 5.32 Å². The molecule has 1 rings (SSSR count). The summed E-state index contributed by atoms with van der Waals surface area (Å²) in [7, 11) is 0. The molecule has 2 N–H and O–H groups in total. The van der Waals surface area contributed by atoms with E-state index < -0.39 is 5.60 Å². The summed E-state index contributed by atoms with van der Waals surface area (Å²) in [5.74, 6) is 0.421. The second-order valence-corrected chi connectivity index (χ2v) is 7.65. The van der Waals surface area contributed by atoms with Crippen molar-refractivity contribution in [2.24, 2.45) is 17.3 Å². The Balaban J connectivity index is 2.33. The molecule has 0 aliphatic heterocycles. The number of nitrogens with one attached hydrogen (secondary N) is 1. The van der Waals surface area contributed by atoms with Gasteiger partial charge in [-0.05, 0) is 50.5 Å². The third-order valence-corrected chi connectivity index (χ3v) is 4.92. The molecule has 0 aromatic rings. The second kappa shape index (κ2) is 7.59. The van der Waals surface area contributed by atoms with Gasteiger partial charge in [0.05, 0.1) is 18.1 Å². The lowest BCUT2D eigenvalue weighted by Gasteiger charge is -2.36.